The number of rotatable bonds is 4. The summed E-state index contributed by atoms with van der Waals surface area (Å²) in [7, 11) is 0. The molecule has 0 radical (unpaired) electrons. The number of likely N-dealkylation sites (tertiary alicyclic amines) is 1. The van der Waals surface area contributed by atoms with Crippen molar-refractivity contribution in [2.24, 2.45) is 0 Å². The average Bonchev–Trinajstić information content (AvgIpc) is 2.48. The maximum atomic E-state index is 12.2. The zero-order valence-electron chi connectivity index (χ0n) is 9.55. The van der Waals surface area contributed by atoms with Crippen LogP contribution in [-0.4, -0.2) is 42.9 Å². The van der Waals surface area contributed by atoms with Gasteiger partial charge < -0.3 is 4.74 Å². The molecule has 1 aliphatic heterocycles. The molecule has 2 nitrogen and oxygen atoms in total. The second kappa shape index (κ2) is 5.08. The van der Waals surface area contributed by atoms with Gasteiger partial charge in [0.15, 0.2) is 0 Å². The van der Waals surface area contributed by atoms with Crippen molar-refractivity contribution in [1.29, 1.82) is 0 Å². The van der Waals surface area contributed by atoms with Crippen molar-refractivity contribution >= 4 is 0 Å². The van der Waals surface area contributed by atoms with E-state index in [-0.39, 0.29) is 12.3 Å². The Bertz CT molecular complexity index is 167. The molecule has 0 spiro atoms. The first kappa shape index (κ1) is 11.9. The van der Waals surface area contributed by atoms with E-state index in [4.69, 9.17) is 4.74 Å². The van der Waals surface area contributed by atoms with Gasteiger partial charge in [-0.3, -0.25) is 4.90 Å². The first-order valence-corrected chi connectivity index (χ1v) is 5.47. The van der Waals surface area contributed by atoms with E-state index in [1.807, 2.05) is 0 Å². The lowest BCUT2D eigenvalue weighted by Crippen LogP contribution is -2.37. The maximum Gasteiger partial charge on any atom is 0.102 e. The number of nitrogens with zero attached hydrogens (tertiary/aromatic N) is 1. The molecule has 3 heteroatoms. The summed E-state index contributed by atoms with van der Waals surface area (Å²) in [5.41, 5.74) is -0.0794. The van der Waals surface area contributed by atoms with Crippen LogP contribution in [0.25, 0.3) is 0 Å². The highest BCUT2D eigenvalue weighted by Crippen LogP contribution is 2.19. The predicted molar refractivity (Wildman–Crippen MR) is 56.3 cm³/mol. The smallest absolute Gasteiger partial charge is 0.102 e. The average molecular weight is 203 g/mol. The molecule has 0 aromatic rings. The molecule has 0 bridgehead atoms. The molecule has 0 aliphatic carbocycles. The van der Waals surface area contributed by atoms with Gasteiger partial charge in [-0.2, -0.15) is 0 Å². The van der Waals surface area contributed by atoms with Gasteiger partial charge in [-0.1, -0.05) is 0 Å². The zero-order chi connectivity index (χ0) is 10.6. The first-order chi connectivity index (χ1) is 6.53. The lowest BCUT2D eigenvalue weighted by molar-refractivity contribution is -0.0286. The number of alkyl halides is 1. The lowest BCUT2D eigenvalue weighted by Gasteiger charge is -2.27. The molecule has 1 saturated heterocycles. The summed E-state index contributed by atoms with van der Waals surface area (Å²) >= 11 is 0. The summed E-state index contributed by atoms with van der Waals surface area (Å²) in [5, 5.41) is 0. The summed E-state index contributed by atoms with van der Waals surface area (Å²) in [5.74, 6) is 0. The molecule has 1 heterocycles. The van der Waals surface area contributed by atoms with Crippen LogP contribution in [0, 0.1) is 0 Å². The first-order valence-electron chi connectivity index (χ1n) is 5.47. The van der Waals surface area contributed by atoms with Gasteiger partial charge in [-0.05, 0) is 40.2 Å². The topological polar surface area (TPSA) is 12.5 Å². The Morgan fingerprint density at radius 2 is 2.14 bits per heavy atom. The van der Waals surface area contributed by atoms with E-state index in [0.29, 0.717) is 12.6 Å². The van der Waals surface area contributed by atoms with E-state index >= 15 is 0 Å². The van der Waals surface area contributed by atoms with Gasteiger partial charge in [-0.15, -0.1) is 0 Å². The third-order valence-electron chi connectivity index (χ3n) is 2.58. The molecule has 0 N–H and O–H groups in total. The molecule has 0 aromatic heterocycles. The van der Waals surface area contributed by atoms with Crippen LogP contribution < -0.4 is 0 Å². The second-order valence-electron chi connectivity index (χ2n) is 4.94. The van der Waals surface area contributed by atoms with Gasteiger partial charge in [0.1, 0.15) is 6.67 Å². The number of hydrogen-bond donors (Lipinski definition) is 0. The number of ether oxygens (including phenoxy) is 1. The Morgan fingerprint density at radius 3 is 2.71 bits per heavy atom. The van der Waals surface area contributed by atoms with Crippen LogP contribution in [0.1, 0.15) is 33.6 Å². The minimum atomic E-state index is -0.244. The fourth-order valence-electron chi connectivity index (χ4n) is 1.83. The molecule has 0 saturated carbocycles. The van der Waals surface area contributed by atoms with E-state index in [9.17, 15) is 4.39 Å². The van der Waals surface area contributed by atoms with Crippen molar-refractivity contribution in [2.75, 3.05) is 26.4 Å². The summed E-state index contributed by atoms with van der Waals surface area (Å²) in [6, 6.07) is 0.435. The van der Waals surface area contributed by atoms with Crippen LogP contribution in [-0.2, 0) is 4.74 Å². The van der Waals surface area contributed by atoms with E-state index in [1.165, 1.54) is 6.42 Å². The minimum absolute atomic E-state index is 0.0794. The molecule has 1 unspecified atom stereocenters. The molecule has 1 aliphatic rings. The molecule has 1 rings (SSSR count). The molecular formula is C11H22FNO. The zero-order valence-corrected chi connectivity index (χ0v) is 9.55. The third-order valence-corrected chi connectivity index (χ3v) is 2.58. The highest BCUT2D eigenvalue weighted by Gasteiger charge is 2.25. The van der Waals surface area contributed by atoms with E-state index in [0.717, 1.165) is 19.6 Å². The van der Waals surface area contributed by atoms with Gasteiger partial charge in [0, 0.05) is 12.6 Å². The number of hydrogen-bond acceptors (Lipinski definition) is 2. The van der Waals surface area contributed by atoms with Gasteiger partial charge in [0.25, 0.3) is 0 Å². The number of halogens is 1. The monoisotopic (exact) mass is 203 g/mol. The van der Waals surface area contributed by atoms with Crippen molar-refractivity contribution in [3.8, 4) is 0 Å². The van der Waals surface area contributed by atoms with Gasteiger partial charge in [0.2, 0.25) is 0 Å². The standard InChI is InChI=1S/C11H22FNO/c1-11(2,3)14-9-10-5-4-7-13(10)8-6-12/h10H,4-9H2,1-3H3. The van der Waals surface area contributed by atoms with E-state index in [2.05, 4.69) is 25.7 Å². The van der Waals surface area contributed by atoms with Crippen LogP contribution in [0.2, 0.25) is 0 Å². The Balaban J connectivity index is 2.29. The predicted octanol–water partition coefficient (Wildman–Crippen LogP) is 2.24. The summed E-state index contributed by atoms with van der Waals surface area (Å²) in [6.45, 7) is 8.26. The Hall–Kier alpha value is -0.150. The molecular weight excluding hydrogens is 181 g/mol. The van der Waals surface area contributed by atoms with Gasteiger partial charge in [0.05, 0.1) is 12.2 Å². The van der Waals surface area contributed by atoms with Crippen molar-refractivity contribution < 1.29 is 9.13 Å². The molecule has 84 valence electrons. The van der Waals surface area contributed by atoms with Crippen molar-refractivity contribution in [1.82, 2.24) is 4.90 Å². The Kier molecular flexibility index (Phi) is 4.32. The summed E-state index contributed by atoms with van der Waals surface area (Å²) in [6.07, 6.45) is 2.33. The van der Waals surface area contributed by atoms with Crippen LogP contribution in [0.3, 0.4) is 0 Å². The highest BCUT2D eigenvalue weighted by molar-refractivity contribution is 4.79. The van der Waals surface area contributed by atoms with Crippen LogP contribution in [0.4, 0.5) is 4.39 Å². The van der Waals surface area contributed by atoms with Crippen LogP contribution >= 0.6 is 0 Å². The quantitative estimate of drug-likeness (QED) is 0.694. The fourth-order valence-corrected chi connectivity index (χ4v) is 1.83. The van der Waals surface area contributed by atoms with Crippen molar-refractivity contribution in [3.05, 3.63) is 0 Å². The fraction of sp³-hybridized carbons (Fsp3) is 1.00. The largest absolute Gasteiger partial charge is 0.374 e. The molecule has 0 amide bonds. The minimum Gasteiger partial charge on any atom is -0.374 e. The Morgan fingerprint density at radius 1 is 1.43 bits per heavy atom. The van der Waals surface area contributed by atoms with Gasteiger partial charge in [-0.25, -0.2) is 4.39 Å². The maximum absolute atomic E-state index is 12.2. The van der Waals surface area contributed by atoms with Crippen LogP contribution in [0.15, 0.2) is 0 Å². The lowest BCUT2D eigenvalue weighted by atomic mass is 10.2. The molecule has 1 atom stereocenters. The van der Waals surface area contributed by atoms with Crippen molar-refractivity contribution in [2.45, 2.75) is 45.3 Å². The van der Waals surface area contributed by atoms with E-state index in [1.54, 1.807) is 0 Å². The van der Waals surface area contributed by atoms with Gasteiger partial charge >= 0.3 is 0 Å². The van der Waals surface area contributed by atoms with E-state index < -0.39 is 0 Å². The third kappa shape index (κ3) is 3.93. The second-order valence-corrected chi connectivity index (χ2v) is 4.94. The molecule has 1 fully saturated rings. The highest BCUT2D eigenvalue weighted by atomic mass is 19.1. The van der Waals surface area contributed by atoms with Crippen molar-refractivity contribution in [3.63, 3.8) is 0 Å². The van der Waals surface area contributed by atoms with Crippen LogP contribution in [0.5, 0.6) is 0 Å². The Labute approximate surface area is 86.4 Å². The SMILES string of the molecule is CC(C)(C)OCC1CCCN1CCF. The summed E-state index contributed by atoms with van der Waals surface area (Å²) in [4.78, 5) is 2.20. The molecule has 0 aromatic carbocycles. The summed E-state index contributed by atoms with van der Waals surface area (Å²) < 4.78 is 17.9. The molecule has 14 heavy (non-hydrogen) atoms. The normalized spacial score (nSPS) is 24.4.